The molecule has 0 aliphatic carbocycles. The molecule has 0 saturated carbocycles. The largest absolute Gasteiger partial charge is 0.467 e. The molecule has 46 heavy (non-hydrogen) atoms. The Bertz CT molecular complexity index is 1220. The molecule has 0 spiro atoms. The van der Waals surface area contributed by atoms with Crippen molar-refractivity contribution in [1.29, 1.82) is 0 Å². The minimum absolute atomic E-state index is 0.0186. The number of ether oxygens (including phenoxy) is 4. The maximum absolute atomic E-state index is 13.5. The Hall–Kier alpha value is -4.36. The first-order chi connectivity index (χ1) is 21.1. The third kappa shape index (κ3) is 15.1. The van der Waals surface area contributed by atoms with E-state index in [1.165, 1.54) is 19.2 Å². The molecule has 0 fully saturated rings. The third-order valence-electron chi connectivity index (χ3n) is 6.04. The van der Waals surface area contributed by atoms with Crippen LogP contribution in [0.5, 0.6) is 5.75 Å². The SMILES string of the molecule is COC(=O)[C@H](NC(=O)[C@H](Cc1ccc(OC(=O)CNC(=O)OC(C)(C)C)cc1)NC(=O)[C@H](NC(=O)OC(C)(C)C)C(C)C)C(C)C. The zero-order chi connectivity index (χ0) is 35.4. The second kappa shape index (κ2) is 17.4. The molecule has 0 heterocycles. The first-order valence-corrected chi connectivity index (χ1v) is 15.1. The molecule has 0 saturated heterocycles. The van der Waals surface area contributed by atoms with Crippen LogP contribution in [0.4, 0.5) is 9.59 Å². The smallest absolute Gasteiger partial charge is 0.408 e. The van der Waals surface area contributed by atoms with Gasteiger partial charge in [0.1, 0.15) is 41.6 Å². The lowest BCUT2D eigenvalue weighted by Crippen LogP contribution is -2.58. The van der Waals surface area contributed by atoms with Gasteiger partial charge in [0.15, 0.2) is 0 Å². The van der Waals surface area contributed by atoms with Crippen molar-refractivity contribution in [3.05, 3.63) is 29.8 Å². The van der Waals surface area contributed by atoms with E-state index in [1.807, 2.05) is 0 Å². The molecule has 14 nitrogen and oxygen atoms in total. The Labute approximate surface area is 271 Å². The fourth-order valence-electron chi connectivity index (χ4n) is 3.87. The molecule has 4 amide bonds. The van der Waals surface area contributed by atoms with Gasteiger partial charge in [-0.3, -0.25) is 9.59 Å². The Kier molecular flexibility index (Phi) is 15.0. The lowest BCUT2D eigenvalue weighted by Gasteiger charge is -2.28. The zero-order valence-corrected chi connectivity index (χ0v) is 28.7. The van der Waals surface area contributed by atoms with E-state index in [-0.39, 0.29) is 24.0 Å². The van der Waals surface area contributed by atoms with Gasteiger partial charge in [-0.25, -0.2) is 19.2 Å². The molecule has 0 unspecified atom stereocenters. The highest BCUT2D eigenvalue weighted by Gasteiger charge is 2.33. The van der Waals surface area contributed by atoms with Gasteiger partial charge in [0, 0.05) is 6.42 Å². The van der Waals surface area contributed by atoms with Crippen molar-refractivity contribution in [3.8, 4) is 5.75 Å². The number of benzene rings is 1. The molecule has 3 atom stereocenters. The van der Waals surface area contributed by atoms with Gasteiger partial charge >= 0.3 is 24.1 Å². The molecular weight excluding hydrogens is 600 g/mol. The number of carbonyl (C=O) groups is 6. The van der Waals surface area contributed by atoms with E-state index in [4.69, 9.17) is 18.9 Å². The normalized spacial score (nSPS) is 13.5. The highest BCUT2D eigenvalue weighted by atomic mass is 16.6. The number of amides is 4. The Morgan fingerprint density at radius 2 is 1.22 bits per heavy atom. The number of alkyl carbamates (subject to hydrolysis) is 2. The van der Waals surface area contributed by atoms with Crippen molar-refractivity contribution >= 4 is 35.9 Å². The summed E-state index contributed by atoms with van der Waals surface area (Å²) in [5.74, 6) is -3.17. The van der Waals surface area contributed by atoms with Crippen molar-refractivity contribution in [1.82, 2.24) is 21.3 Å². The van der Waals surface area contributed by atoms with Gasteiger partial charge in [0.2, 0.25) is 11.8 Å². The van der Waals surface area contributed by atoms with Gasteiger partial charge in [0.25, 0.3) is 0 Å². The standard InChI is InChI=1S/C32H50N4O10/c1-18(2)24(36-30(42)46-32(8,9)10)27(39)34-22(26(38)35-25(19(3)4)28(40)43-11)16-20-12-14-21(15-13-20)44-23(37)17-33-29(41)45-31(5,6)7/h12-15,18-19,22,24-25H,16-17H2,1-11H3,(H,33,41)(H,34,39)(H,35,38)(H,36,42)/t22-,24+,25+/m0/s1. The fraction of sp³-hybridized carbons (Fsp3) is 0.625. The minimum atomic E-state index is -1.17. The van der Waals surface area contributed by atoms with Crippen LogP contribution in [-0.2, 0) is 39.8 Å². The van der Waals surface area contributed by atoms with E-state index >= 15 is 0 Å². The molecule has 0 radical (unpaired) electrons. The predicted octanol–water partition coefficient (Wildman–Crippen LogP) is 3.01. The Balaban J connectivity index is 3.13. The Morgan fingerprint density at radius 3 is 1.70 bits per heavy atom. The van der Waals surface area contributed by atoms with Crippen LogP contribution in [0.2, 0.25) is 0 Å². The van der Waals surface area contributed by atoms with E-state index in [0.29, 0.717) is 5.56 Å². The van der Waals surface area contributed by atoms with E-state index in [0.717, 1.165) is 0 Å². The molecule has 0 aromatic heterocycles. The maximum Gasteiger partial charge on any atom is 0.408 e. The van der Waals surface area contributed by atoms with Crippen LogP contribution in [0, 0.1) is 11.8 Å². The minimum Gasteiger partial charge on any atom is -0.467 e. The molecule has 258 valence electrons. The summed E-state index contributed by atoms with van der Waals surface area (Å²) in [5.41, 5.74) is -0.941. The summed E-state index contributed by atoms with van der Waals surface area (Å²) in [6, 6.07) is 2.97. The summed E-state index contributed by atoms with van der Waals surface area (Å²) in [5, 5.41) is 10.2. The van der Waals surface area contributed by atoms with Crippen molar-refractivity contribution in [3.63, 3.8) is 0 Å². The monoisotopic (exact) mass is 650 g/mol. The number of hydrogen-bond acceptors (Lipinski definition) is 10. The molecule has 1 rings (SSSR count). The van der Waals surface area contributed by atoms with Gasteiger partial charge in [-0.15, -0.1) is 0 Å². The lowest BCUT2D eigenvalue weighted by atomic mass is 9.99. The van der Waals surface area contributed by atoms with Crippen LogP contribution < -0.4 is 26.0 Å². The topological polar surface area (TPSA) is 187 Å². The van der Waals surface area contributed by atoms with Gasteiger partial charge in [-0.05, 0) is 71.1 Å². The molecule has 0 bridgehead atoms. The summed E-state index contributed by atoms with van der Waals surface area (Å²) < 4.78 is 20.5. The van der Waals surface area contributed by atoms with Crippen LogP contribution in [0.15, 0.2) is 24.3 Å². The summed E-state index contributed by atoms with van der Waals surface area (Å²) in [6.45, 7) is 16.7. The van der Waals surface area contributed by atoms with E-state index in [1.54, 1.807) is 81.4 Å². The third-order valence-corrected chi connectivity index (χ3v) is 6.04. The maximum atomic E-state index is 13.5. The molecule has 4 N–H and O–H groups in total. The predicted molar refractivity (Wildman–Crippen MR) is 169 cm³/mol. The van der Waals surface area contributed by atoms with Crippen LogP contribution in [0.3, 0.4) is 0 Å². The van der Waals surface area contributed by atoms with E-state index in [9.17, 15) is 28.8 Å². The number of nitrogens with one attached hydrogen (secondary N) is 4. The zero-order valence-electron chi connectivity index (χ0n) is 28.7. The summed E-state index contributed by atoms with van der Waals surface area (Å²) >= 11 is 0. The summed E-state index contributed by atoms with van der Waals surface area (Å²) in [7, 11) is 1.21. The molecule has 1 aromatic carbocycles. The molecule has 14 heteroatoms. The van der Waals surface area contributed by atoms with E-state index < -0.39 is 71.8 Å². The molecular formula is C32H50N4O10. The van der Waals surface area contributed by atoms with Gasteiger partial charge in [-0.1, -0.05) is 39.8 Å². The highest BCUT2D eigenvalue weighted by Crippen LogP contribution is 2.16. The van der Waals surface area contributed by atoms with Crippen molar-refractivity contribution < 1.29 is 47.7 Å². The van der Waals surface area contributed by atoms with E-state index in [2.05, 4.69) is 21.3 Å². The first-order valence-electron chi connectivity index (χ1n) is 15.1. The average molecular weight is 651 g/mol. The quantitative estimate of drug-likeness (QED) is 0.140. The number of hydrogen-bond donors (Lipinski definition) is 4. The number of esters is 2. The van der Waals surface area contributed by atoms with Crippen LogP contribution in [0.25, 0.3) is 0 Å². The van der Waals surface area contributed by atoms with Gasteiger partial charge in [0.05, 0.1) is 7.11 Å². The highest BCUT2D eigenvalue weighted by molar-refractivity contribution is 5.93. The fourth-order valence-corrected chi connectivity index (χ4v) is 3.87. The van der Waals surface area contributed by atoms with Crippen molar-refractivity contribution in [2.45, 2.75) is 105 Å². The number of carbonyl (C=O) groups excluding carboxylic acids is 6. The molecule has 0 aliphatic heterocycles. The van der Waals surface area contributed by atoms with Crippen LogP contribution in [-0.4, -0.2) is 78.9 Å². The summed E-state index contributed by atoms with van der Waals surface area (Å²) in [6.07, 6.45) is -1.58. The second-order valence-electron chi connectivity index (χ2n) is 13.4. The molecule has 0 aliphatic rings. The average Bonchev–Trinajstić information content (AvgIpc) is 2.91. The number of rotatable bonds is 13. The van der Waals surface area contributed by atoms with Crippen LogP contribution in [0.1, 0.15) is 74.8 Å². The number of methoxy groups -OCH3 is 1. The lowest BCUT2D eigenvalue weighted by molar-refractivity contribution is -0.146. The first kappa shape index (κ1) is 39.7. The van der Waals surface area contributed by atoms with Crippen molar-refractivity contribution in [2.24, 2.45) is 11.8 Å². The van der Waals surface area contributed by atoms with Crippen LogP contribution >= 0.6 is 0 Å². The van der Waals surface area contributed by atoms with Gasteiger partial charge in [-0.2, -0.15) is 0 Å². The van der Waals surface area contributed by atoms with Gasteiger partial charge < -0.3 is 40.2 Å². The summed E-state index contributed by atoms with van der Waals surface area (Å²) in [4.78, 5) is 75.7. The van der Waals surface area contributed by atoms with Crippen molar-refractivity contribution in [2.75, 3.05) is 13.7 Å². The second-order valence-corrected chi connectivity index (χ2v) is 13.4. The molecule has 1 aromatic rings. The Morgan fingerprint density at radius 1 is 0.696 bits per heavy atom.